The SMILES string of the molecule is Cc1ccccc1OC(Oc1ccccc1C)(C(=O)O)C1(O)CCN(C(=O)c2cccc3ccccc23)CC1. The third kappa shape index (κ3) is 4.81. The number of benzene rings is 4. The molecule has 7 nitrogen and oxygen atoms in total. The first-order valence-electron chi connectivity index (χ1n) is 13.0. The fourth-order valence-corrected chi connectivity index (χ4v) is 5.14. The number of carboxylic acids is 1. The van der Waals surface area contributed by atoms with Crippen LogP contribution in [-0.2, 0) is 4.79 Å². The number of likely N-dealkylation sites (tertiary alicyclic amines) is 1. The van der Waals surface area contributed by atoms with E-state index in [0.29, 0.717) is 16.7 Å². The van der Waals surface area contributed by atoms with Gasteiger partial charge in [0, 0.05) is 31.5 Å². The standard InChI is InChI=1S/C32H31NO6/c1-22-10-3-7-16-27(22)38-32(30(35)36,39-28-17-8-4-11-23(28)2)31(37)18-20-33(21-19-31)29(34)26-15-9-13-24-12-5-6-14-25(24)26/h3-17,37H,18-21H2,1-2H3,(H,35,36). The molecule has 0 aliphatic carbocycles. The molecule has 200 valence electrons. The van der Waals surface area contributed by atoms with Gasteiger partial charge in [0.15, 0.2) is 5.60 Å². The van der Waals surface area contributed by atoms with Gasteiger partial charge in [-0.2, -0.15) is 0 Å². The molecule has 0 atom stereocenters. The van der Waals surface area contributed by atoms with Crippen LogP contribution in [0.2, 0.25) is 0 Å². The lowest BCUT2D eigenvalue weighted by atomic mass is 9.82. The number of hydrogen-bond acceptors (Lipinski definition) is 5. The van der Waals surface area contributed by atoms with Gasteiger partial charge in [-0.3, -0.25) is 4.79 Å². The fraction of sp³-hybridized carbons (Fsp3) is 0.250. The van der Waals surface area contributed by atoms with Gasteiger partial charge in [-0.15, -0.1) is 0 Å². The van der Waals surface area contributed by atoms with Crippen molar-refractivity contribution in [1.82, 2.24) is 4.90 Å². The summed E-state index contributed by atoms with van der Waals surface area (Å²) in [4.78, 5) is 28.2. The van der Waals surface area contributed by atoms with Crippen LogP contribution in [0.4, 0.5) is 0 Å². The number of carbonyl (C=O) groups is 2. The second-order valence-corrected chi connectivity index (χ2v) is 10.0. The molecule has 1 amide bonds. The number of aryl methyl sites for hydroxylation is 2. The number of nitrogens with zero attached hydrogens (tertiary/aromatic N) is 1. The molecule has 1 heterocycles. The molecule has 2 N–H and O–H groups in total. The number of hydrogen-bond donors (Lipinski definition) is 2. The van der Waals surface area contributed by atoms with E-state index in [1.54, 1.807) is 61.2 Å². The predicted octanol–water partition coefficient (Wildman–Crippen LogP) is 5.36. The summed E-state index contributed by atoms with van der Waals surface area (Å²) in [6, 6.07) is 27.3. The zero-order valence-electron chi connectivity index (χ0n) is 22.0. The molecule has 4 aromatic rings. The maximum absolute atomic E-state index is 13.5. The van der Waals surface area contributed by atoms with E-state index in [9.17, 15) is 19.8 Å². The number of fused-ring (bicyclic) bond motifs is 1. The number of para-hydroxylation sites is 2. The van der Waals surface area contributed by atoms with Crippen LogP contribution < -0.4 is 9.47 Å². The largest absolute Gasteiger partial charge is 0.475 e. The summed E-state index contributed by atoms with van der Waals surface area (Å²) >= 11 is 0. The minimum absolute atomic E-state index is 0.0619. The van der Waals surface area contributed by atoms with E-state index >= 15 is 0 Å². The summed E-state index contributed by atoms with van der Waals surface area (Å²) in [6.45, 7) is 3.85. The van der Waals surface area contributed by atoms with Crippen LogP contribution in [0.5, 0.6) is 11.5 Å². The highest BCUT2D eigenvalue weighted by molar-refractivity contribution is 6.07. The van der Waals surface area contributed by atoms with Gasteiger partial charge in [-0.05, 0) is 53.9 Å². The number of carbonyl (C=O) groups excluding carboxylic acids is 1. The van der Waals surface area contributed by atoms with Crippen LogP contribution in [0.1, 0.15) is 34.3 Å². The first-order valence-corrected chi connectivity index (χ1v) is 13.0. The van der Waals surface area contributed by atoms with E-state index < -0.39 is 17.4 Å². The quantitative estimate of drug-likeness (QED) is 0.315. The van der Waals surface area contributed by atoms with Gasteiger partial charge in [0.1, 0.15) is 11.5 Å². The average molecular weight is 526 g/mol. The minimum atomic E-state index is -2.46. The van der Waals surface area contributed by atoms with Crippen molar-refractivity contribution >= 4 is 22.6 Å². The van der Waals surface area contributed by atoms with E-state index in [4.69, 9.17) is 9.47 Å². The van der Waals surface area contributed by atoms with Crippen LogP contribution in [0.3, 0.4) is 0 Å². The molecule has 1 saturated heterocycles. The first kappa shape index (κ1) is 26.3. The van der Waals surface area contributed by atoms with Crippen molar-refractivity contribution in [3.05, 3.63) is 108 Å². The van der Waals surface area contributed by atoms with Crippen LogP contribution in [0.15, 0.2) is 91.0 Å². The monoisotopic (exact) mass is 525 g/mol. The number of aliphatic carboxylic acids is 1. The van der Waals surface area contributed by atoms with Gasteiger partial charge >= 0.3 is 11.8 Å². The lowest BCUT2D eigenvalue weighted by Crippen LogP contribution is -2.69. The van der Waals surface area contributed by atoms with Crippen molar-refractivity contribution in [3.8, 4) is 11.5 Å². The lowest BCUT2D eigenvalue weighted by molar-refractivity contribution is -0.255. The number of piperidine rings is 1. The molecule has 5 rings (SSSR count). The normalized spacial score (nSPS) is 15.1. The van der Waals surface area contributed by atoms with E-state index in [-0.39, 0.29) is 43.3 Å². The summed E-state index contributed by atoms with van der Waals surface area (Å²) in [7, 11) is 0. The van der Waals surface area contributed by atoms with Crippen LogP contribution in [0, 0.1) is 13.8 Å². The Morgan fingerprint density at radius 1 is 0.769 bits per heavy atom. The number of rotatable bonds is 7. The first-order chi connectivity index (χ1) is 18.7. The number of aliphatic hydroxyl groups is 1. The zero-order chi connectivity index (χ0) is 27.6. The summed E-state index contributed by atoms with van der Waals surface area (Å²) < 4.78 is 12.3. The molecule has 1 aliphatic rings. The van der Waals surface area contributed by atoms with Crippen molar-refractivity contribution in [3.63, 3.8) is 0 Å². The Bertz CT molecular complexity index is 1470. The van der Waals surface area contributed by atoms with Crippen molar-refractivity contribution in [2.24, 2.45) is 0 Å². The number of carboxylic acid groups (broad SMARTS) is 1. The molecule has 0 unspecified atom stereocenters. The topological polar surface area (TPSA) is 96.3 Å². The van der Waals surface area contributed by atoms with Crippen LogP contribution in [0.25, 0.3) is 10.8 Å². The molecule has 4 aromatic carbocycles. The molecule has 1 aliphatic heterocycles. The van der Waals surface area contributed by atoms with Gasteiger partial charge in [0.2, 0.25) is 0 Å². The Labute approximate surface area is 227 Å². The third-order valence-corrected chi connectivity index (χ3v) is 7.49. The molecular weight excluding hydrogens is 494 g/mol. The fourth-order valence-electron chi connectivity index (χ4n) is 5.14. The zero-order valence-corrected chi connectivity index (χ0v) is 22.0. The molecule has 0 radical (unpaired) electrons. The predicted molar refractivity (Wildman–Crippen MR) is 148 cm³/mol. The van der Waals surface area contributed by atoms with Crippen molar-refractivity contribution in [2.75, 3.05) is 13.1 Å². The van der Waals surface area contributed by atoms with Crippen molar-refractivity contribution in [2.45, 2.75) is 38.1 Å². The molecule has 7 heteroatoms. The third-order valence-electron chi connectivity index (χ3n) is 7.49. The Morgan fingerprint density at radius 2 is 1.28 bits per heavy atom. The number of ether oxygens (including phenoxy) is 2. The van der Waals surface area contributed by atoms with Gasteiger partial charge in [0.05, 0.1) is 0 Å². The summed E-state index contributed by atoms with van der Waals surface area (Å²) in [5.41, 5.74) is 0.0153. The molecule has 39 heavy (non-hydrogen) atoms. The Hall–Kier alpha value is -4.36. The Morgan fingerprint density at radius 3 is 1.85 bits per heavy atom. The average Bonchev–Trinajstić information content (AvgIpc) is 2.94. The summed E-state index contributed by atoms with van der Waals surface area (Å²) in [5.74, 6) is -3.51. The van der Waals surface area contributed by atoms with Gasteiger partial charge in [0.25, 0.3) is 5.91 Å². The lowest BCUT2D eigenvalue weighted by Gasteiger charge is -2.47. The molecule has 0 spiro atoms. The van der Waals surface area contributed by atoms with Gasteiger partial charge in [-0.1, -0.05) is 72.8 Å². The maximum Gasteiger partial charge on any atom is 0.393 e. The molecular formula is C32H31NO6. The Kier molecular flexibility index (Phi) is 7.02. The summed E-state index contributed by atoms with van der Waals surface area (Å²) in [6.07, 6.45) is -0.124. The molecule has 0 saturated carbocycles. The molecule has 1 fully saturated rings. The van der Waals surface area contributed by atoms with Crippen molar-refractivity contribution in [1.29, 1.82) is 0 Å². The van der Waals surface area contributed by atoms with Crippen LogP contribution >= 0.6 is 0 Å². The highest BCUT2D eigenvalue weighted by Gasteiger charge is 2.63. The van der Waals surface area contributed by atoms with E-state index in [0.717, 1.165) is 10.8 Å². The van der Waals surface area contributed by atoms with Gasteiger partial charge < -0.3 is 24.6 Å². The van der Waals surface area contributed by atoms with E-state index in [1.165, 1.54) is 0 Å². The highest BCUT2D eigenvalue weighted by Crippen LogP contribution is 2.41. The maximum atomic E-state index is 13.5. The molecule has 0 aromatic heterocycles. The van der Waals surface area contributed by atoms with E-state index in [2.05, 4.69) is 0 Å². The number of amides is 1. The minimum Gasteiger partial charge on any atom is -0.475 e. The second kappa shape index (κ2) is 10.4. The smallest absolute Gasteiger partial charge is 0.393 e. The highest BCUT2D eigenvalue weighted by atomic mass is 16.7. The summed E-state index contributed by atoms with van der Waals surface area (Å²) in [5, 5.41) is 24.5. The molecule has 0 bridgehead atoms. The van der Waals surface area contributed by atoms with Crippen LogP contribution in [-0.4, -0.2) is 51.5 Å². The Balaban J connectivity index is 1.49. The van der Waals surface area contributed by atoms with Crippen molar-refractivity contribution < 1.29 is 29.3 Å². The second-order valence-electron chi connectivity index (χ2n) is 10.0. The van der Waals surface area contributed by atoms with E-state index in [1.807, 2.05) is 48.5 Å². The van der Waals surface area contributed by atoms with Gasteiger partial charge in [-0.25, -0.2) is 4.79 Å².